The molecule has 0 amide bonds. The van der Waals surface area contributed by atoms with E-state index in [0.29, 0.717) is 6.42 Å². The fourth-order valence-electron chi connectivity index (χ4n) is 1.46. The van der Waals surface area contributed by atoms with Gasteiger partial charge in [0.15, 0.2) is 0 Å². The molecule has 0 aromatic carbocycles. The first-order valence-corrected chi connectivity index (χ1v) is 6.14. The molecular weight excluding hydrogens is 188 g/mol. The molecule has 1 N–H and O–H groups in total. The van der Waals surface area contributed by atoms with Crippen molar-refractivity contribution < 1.29 is 9.90 Å². The summed E-state index contributed by atoms with van der Waals surface area (Å²) in [5.74, 6) is -0.676. The Morgan fingerprint density at radius 3 is 2.13 bits per heavy atom. The van der Waals surface area contributed by atoms with Gasteiger partial charge < -0.3 is 5.11 Å². The maximum absolute atomic E-state index is 10.2. The minimum absolute atomic E-state index is 0.320. The standard InChI is InChI=1S/C13H24O2/c1-2-3-4-5-6-7-8-9-10-11-12-13(14)15/h6-7H,2-5,8-12H2,1H3,(H,14,15). The maximum atomic E-state index is 10.2. The number of hydrogen-bond acceptors (Lipinski definition) is 1. The summed E-state index contributed by atoms with van der Waals surface area (Å²) in [6.07, 6.45) is 14.0. The van der Waals surface area contributed by atoms with Crippen LogP contribution in [0.5, 0.6) is 0 Å². The first kappa shape index (κ1) is 14.2. The van der Waals surface area contributed by atoms with Crippen LogP contribution >= 0.6 is 0 Å². The largest absolute Gasteiger partial charge is 0.481 e. The quantitative estimate of drug-likeness (QED) is 0.436. The Labute approximate surface area is 93.4 Å². The van der Waals surface area contributed by atoms with Crippen LogP contribution in [-0.4, -0.2) is 11.1 Å². The van der Waals surface area contributed by atoms with Crippen LogP contribution in [0.3, 0.4) is 0 Å². The van der Waals surface area contributed by atoms with Gasteiger partial charge in [0.1, 0.15) is 0 Å². The van der Waals surface area contributed by atoms with E-state index in [1.54, 1.807) is 0 Å². The van der Waals surface area contributed by atoms with Gasteiger partial charge in [0.25, 0.3) is 0 Å². The summed E-state index contributed by atoms with van der Waals surface area (Å²) in [6, 6.07) is 0. The normalized spacial score (nSPS) is 11.0. The first-order valence-electron chi connectivity index (χ1n) is 6.14. The van der Waals surface area contributed by atoms with E-state index < -0.39 is 5.97 Å². The van der Waals surface area contributed by atoms with Gasteiger partial charge in [0.2, 0.25) is 0 Å². The smallest absolute Gasteiger partial charge is 0.303 e. The second kappa shape index (κ2) is 11.3. The molecule has 2 heteroatoms. The highest BCUT2D eigenvalue weighted by atomic mass is 16.4. The molecule has 0 radical (unpaired) electrons. The van der Waals surface area contributed by atoms with Crippen LogP contribution < -0.4 is 0 Å². The predicted molar refractivity (Wildman–Crippen MR) is 64.0 cm³/mol. The Kier molecular flexibility index (Phi) is 10.7. The van der Waals surface area contributed by atoms with Crippen LogP contribution in [0.1, 0.15) is 64.7 Å². The lowest BCUT2D eigenvalue weighted by molar-refractivity contribution is -0.137. The molecule has 0 aliphatic heterocycles. The van der Waals surface area contributed by atoms with E-state index in [1.165, 1.54) is 25.7 Å². The van der Waals surface area contributed by atoms with Crippen LogP contribution in [0.2, 0.25) is 0 Å². The van der Waals surface area contributed by atoms with Crippen molar-refractivity contribution in [2.45, 2.75) is 64.7 Å². The topological polar surface area (TPSA) is 37.3 Å². The third kappa shape index (κ3) is 13.2. The predicted octanol–water partition coefficient (Wildman–Crippen LogP) is 4.16. The van der Waals surface area contributed by atoms with Crippen LogP contribution in [0.15, 0.2) is 12.2 Å². The molecule has 0 aromatic rings. The van der Waals surface area contributed by atoms with E-state index in [2.05, 4.69) is 19.1 Å². The summed E-state index contributed by atoms with van der Waals surface area (Å²) in [7, 11) is 0. The zero-order chi connectivity index (χ0) is 11.4. The molecule has 0 saturated carbocycles. The van der Waals surface area contributed by atoms with Crippen molar-refractivity contribution in [2.75, 3.05) is 0 Å². The minimum Gasteiger partial charge on any atom is -0.481 e. The SMILES string of the molecule is CCCCCC=CCCCCCC(=O)O. The average Bonchev–Trinajstić information content (AvgIpc) is 2.20. The third-order valence-electron chi connectivity index (χ3n) is 2.40. The van der Waals surface area contributed by atoms with Gasteiger partial charge in [-0.15, -0.1) is 0 Å². The summed E-state index contributed by atoms with van der Waals surface area (Å²) >= 11 is 0. The van der Waals surface area contributed by atoms with Gasteiger partial charge in [0.05, 0.1) is 0 Å². The summed E-state index contributed by atoms with van der Waals surface area (Å²) in [5, 5.41) is 8.42. The van der Waals surface area contributed by atoms with E-state index in [4.69, 9.17) is 5.11 Å². The zero-order valence-corrected chi connectivity index (χ0v) is 9.87. The molecule has 2 nitrogen and oxygen atoms in total. The molecule has 0 aliphatic rings. The molecule has 0 bridgehead atoms. The number of carboxylic acids is 1. The summed E-state index contributed by atoms with van der Waals surface area (Å²) in [6.45, 7) is 2.21. The van der Waals surface area contributed by atoms with Gasteiger partial charge in [0, 0.05) is 6.42 Å². The van der Waals surface area contributed by atoms with Crippen molar-refractivity contribution in [1.29, 1.82) is 0 Å². The van der Waals surface area contributed by atoms with Crippen molar-refractivity contribution in [1.82, 2.24) is 0 Å². The first-order chi connectivity index (χ1) is 7.27. The van der Waals surface area contributed by atoms with Crippen molar-refractivity contribution in [3.05, 3.63) is 12.2 Å². The zero-order valence-electron chi connectivity index (χ0n) is 9.87. The van der Waals surface area contributed by atoms with Gasteiger partial charge in [-0.2, -0.15) is 0 Å². The Morgan fingerprint density at radius 1 is 1.00 bits per heavy atom. The lowest BCUT2D eigenvalue weighted by atomic mass is 10.1. The molecule has 0 aromatic heterocycles. The molecule has 15 heavy (non-hydrogen) atoms. The molecule has 0 atom stereocenters. The van der Waals surface area contributed by atoms with E-state index in [1.807, 2.05) is 0 Å². The van der Waals surface area contributed by atoms with Crippen molar-refractivity contribution in [3.8, 4) is 0 Å². The molecule has 0 saturated heterocycles. The second-order valence-corrected chi connectivity index (χ2v) is 3.96. The number of rotatable bonds is 10. The van der Waals surface area contributed by atoms with Gasteiger partial charge in [-0.1, -0.05) is 38.3 Å². The summed E-state index contributed by atoms with van der Waals surface area (Å²) < 4.78 is 0. The fourth-order valence-corrected chi connectivity index (χ4v) is 1.46. The maximum Gasteiger partial charge on any atom is 0.303 e. The van der Waals surface area contributed by atoms with Gasteiger partial charge in [-0.05, 0) is 32.1 Å². The molecule has 0 unspecified atom stereocenters. The van der Waals surface area contributed by atoms with Crippen LogP contribution in [0.4, 0.5) is 0 Å². The summed E-state index contributed by atoms with van der Waals surface area (Å²) in [5.41, 5.74) is 0. The fraction of sp³-hybridized carbons (Fsp3) is 0.769. The van der Waals surface area contributed by atoms with E-state index >= 15 is 0 Å². The number of aliphatic carboxylic acids is 1. The third-order valence-corrected chi connectivity index (χ3v) is 2.40. The Hall–Kier alpha value is -0.790. The van der Waals surface area contributed by atoms with Crippen molar-refractivity contribution in [2.24, 2.45) is 0 Å². The monoisotopic (exact) mass is 212 g/mol. The number of carbonyl (C=O) groups is 1. The number of hydrogen-bond donors (Lipinski definition) is 1. The van der Waals surface area contributed by atoms with Crippen LogP contribution in [0.25, 0.3) is 0 Å². The lowest BCUT2D eigenvalue weighted by Gasteiger charge is -1.95. The highest BCUT2D eigenvalue weighted by Crippen LogP contribution is 2.05. The number of carboxylic acid groups (broad SMARTS) is 1. The van der Waals surface area contributed by atoms with Gasteiger partial charge in [-0.25, -0.2) is 0 Å². The van der Waals surface area contributed by atoms with E-state index in [9.17, 15) is 4.79 Å². The molecule has 0 rings (SSSR count). The lowest BCUT2D eigenvalue weighted by Crippen LogP contribution is -1.93. The molecule has 0 spiro atoms. The Balaban J connectivity index is 3.06. The Bertz CT molecular complexity index is 173. The number of unbranched alkanes of at least 4 members (excludes halogenated alkanes) is 6. The van der Waals surface area contributed by atoms with Crippen molar-refractivity contribution >= 4 is 5.97 Å². The molecule has 88 valence electrons. The molecule has 0 aliphatic carbocycles. The van der Waals surface area contributed by atoms with Gasteiger partial charge in [-0.3, -0.25) is 4.79 Å². The highest BCUT2D eigenvalue weighted by molar-refractivity contribution is 5.66. The Morgan fingerprint density at radius 2 is 1.60 bits per heavy atom. The van der Waals surface area contributed by atoms with Gasteiger partial charge >= 0.3 is 5.97 Å². The molecule has 0 heterocycles. The van der Waals surface area contributed by atoms with E-state index in [0.717, 1.165) is 25.7 Å². The minimum atomic E-state index is -0.676. The summed E-state index contributed by atoms with van der Waals surface area (Å²) in [4.78, 5) is 10.2. The average molecular weight is 212 g/mol. The highest BCUT2D eigenvalue weighted by Gasteiger charge is 1.94. The van der Waals surface area contributed by atoms with Crippen molar-refractivity contribution in [3.63, 3.8) is 0 Å². The van der Waals surface area contributed by atoms with Crippen LogP contribution in [0, 0.1) is 0 Å². The number of allylic oxidation sites excluding steroid dienone is 2. The molecular formula is C13H24O2. The van der Waals surface area contributed by atoms with Crippen LogP contribution in [-0.2, 0) is 4.79 Å². The molecule has 0 fully saturated rings. The second-order valence-electron chi connectivity index (χ2n) is 3.96. The van der Waals surface area contributed by atoms with E-state index in [-0.39, 0.29) is 0 Å².